The summed E-state index contributed by atoms with van der Waals surface area (Å²) in [6, 6.07) is 22.8. The molecule has 0 fully saturated rings. The van der Waals surface area contributed by atoms with Crippen molar-refractivity contribution in [2.45, 2.75) is 17.4 Å². The highest BCUT2D eigenvalue weighted by Crippen LogP contribution is 2.21. The van der Waals surface area contributed by atoms with Crippen LogP contribution in [0.1, 0.15) is 27.5 Å². The maximum absolute atomic E-state index is 13.0. The van der Waals surface area contributed by atoms with Gasteiger partial charge in [0.1, 0.15) is 0 Å². The molecule has 2 N–H and O–H groups in total. The standard InChI is InChI=1S/C24H25ClN2O4S/c1-31-15-14-26-32(29,30)22-9-5-8-20(17-22)24(28)27-23(19-6-3-2-4-7-19)16-18-10-12-21(25)13-11-18/h2-13,17,23,26H,14-16H2,1H3,(H,27,28). The number of ether oxygens (including phenoxy) is 1. The van der Waals surface area contributed by atoms with Gasteiger partial charge in [-0.2, -0.15) is 0 Å². The van der Waals surface area contributed by atoms with Gasteiger partial charge in [0.25, 0.3) is 5.91 Å². The molecule has 3 aromatic rings. The largest absolute Gasteiger partial charge is 0.383 e. The zero-order valence-corrected chi connectivity index (χ0v) is 19.2. The maximum atomic E-state index is 13.0. The van der Waals surface area contributed by atoms with Crippen LogP contribution in [0.2, 0.25) is 5.02 Å². The lowest BCUT2D eigenvalue weighted by Crippen LogP contribution is -2.31. The highest BCUT2D eigenvalue weighted by atomic mass is 35.5. The lowest BCUT2D eigenvalue weighted by atomic mass is 9.98. The van der Waals surface area contributed by atoms with Crippen molar-refractivity contribution in [3.05, 3.63) is 101 Å². The number of amides is 1. The summed E-state index contributed by atoms with van der Waals surface area (Å²) in [6.45, 7) is 0.398. The van der Waals surface area contributed by atoms with Crippen LogP contribution in [-0.2, 0) is 21.2 Å². The minimum absolute atomic E-state index is 0.0233. The molecule has 1 atom stereocenters. The monoisotopic (exact) mass is 472 g/mol. The van der Waals surface area contributed by atoms with E-state index in [-0.39, 0.29) is 35.6 Å². The second-order valence-electron chi connectivity index (χ2n) is 7.19. The molecular formula is C24H25ClN2O4S. The van der Waals surface area contributed by atoms with Crippen LogP contribution < -0.4 is 10.0 Å². The zero-order valence-electron chi connectivity index (χ0n) is 17.6. The summed E-state index contributed by atoms with van der Waals surface area (Å²) in [5.41, 5.74) is 2.22. The molecule has 0 aromatic heterocycles. The summed E-state index contributed by atoms with van der Waals surface area (Å²) < 4.78 is 32.3. The molecule has 0 saturated carbocycles. The first kappa shape index (κ1) is 23.9. The minimum atomic E-state index is -3.74. The summed E-state index contributed by atoms with van der Waals surface area (Å²) in [7, 11) is -2.25. The van der Waals surface area contributed by atoms with Crippen LogP contribution in [0.25, 0.3) is 0 Å². The van der Waals surface area contributed by atoms with E-state index in [9.17, 15) is 13.2 Å². The van der Waals surface area contributed by atoms with Gasteiger partial charge in [-0.25, -0.2) is 13.1 Å². The Labute approximate surface area is 193 Å². The van der Waals surface area contributed by atoms with Gasteiger partial charge in [-0.15, -0.1) is 0 Å². The van der Waals surface area contributed by atoms with Crippen LogP contribution in [0, 0.1) is 0 Å². The summed E-state index contributed by atoms with van der Waals surface area (Å²) in [4.78, 5) is 13.1. The van der Waals surface area contributed by atoms with Gasteiger partial charge in [0.2, 0.25) is 10.0 Å². The number of methoxy groups -OCH3 is 1. The first-order chi connectivity index (χ1) is 15.4. The predicted molar refractivity (Wildman–Crippen MR) is 125 cm³/mol. The van der Waals surface area contributed by atoms with E-state index < -0.39 is 10.0 Å². The second-order valence-corrected chi connectivity index (χ2v) is 9.39. The fourth-order valence-electron chi connectivity index (χ4n) is 3.20. The lowest BCUT2D eigenvalue weighted by molar-refractivity contribution is 0.0936. The molecule has 3 aromatic carbocycles. The predicted octanol–water partition coefficient (Wildman–Crippen LogP) is 3.98. The number of rotatable bonds is 10. The average molecular weight is 473 g/mol. The highest BCUT2D eigenvalue weighted by molar-refractivity contribution is 7.89. The number of halogens is 1. The van der Waals surface area contributed by atoms with Crippen molar-refractivity contribution in [2.75, 3.05) is 20.3 Å². The number of benzene rings is 3. The average Bonchev–Trinajstić information content (AvgIpc) is 2.81. The Bertz CT molecular complexity index is 1140. The van der Waals surface area contributed by atoms with E-state index in [0.29, 0.717) is 11.4 Å². The minimum Gasteiger partial charge on any atom is -0.383 e. The number of hydrogen-bond donors (Lipinski definition) is 2. The number of sulfonamides is 1. The molecule has 0 spiro atoms. The Morgan fingerprint density at radius 3 is 2.41 bits per heavy atom. The van der Waals surface area contributed by atoms with Crippen molar-refractivity contribution < 1.29 is 17.9 Å². The Morgan fingerprint density at radius 2 is 1.72 bits per heavy atom. The third kappa shape index (κ3) is 6.64. The maximum Gasteiger partial charge on any atom is 0.251 e. The van der Waals surface area contributed by atoms with Crippen molar-refractivity contribution in [3.63, 3.8) is 0 Å². The SMILES string of the molecule is COCCNS(=O)(=O)c1cccc(C(=O)NC(Cc2ccc(Cl)cc2)c2ccccc2)c1. The van der Waals surface area contributed by atoms with Gasteiger partial charge in [-0.3, -0.25) is 4.79 Å². The van der Waals surface area contributed by atoms with E-state index in [1.807, 2.05) is 54.6 Å². The number of hydrogen-bond acceptors (Lipinski definition) is 4. The van der Waals surface area contributed by atoms with Crippen molar-refractivity contribution in [1.29, 1.82) is 0 Å². The molecule has 8 heteroatoms. The number of nitrogens with one attached hydrogen (secondary N) is 2. The molecule has 168 valence electrons. The van der Waals surface area contributed by atoms with Crippen molar-refractivity contribution >= 4 is 27.5 Å². The van der Waals surface area contributed by atoms with Crippen LogP contribution in [0.3, 0.4) is 0 Å². The Hall–Kier alpha value is -2.71. The zero-order chi connectivity index (χ0) is 23.0. The number of carbonyl (C=O) groups excluding carboxylic acids is 1. The summed E-state index contributed by atoms with van der Waals surface area (Å²) in [5, 5.41) is 3.68. The molecule has 0 saturated heterocycles. The first-order valence-electron chi connectivity index (χ1n) is 10.1. The normalized spacial score (nSPS) is 12.3. The second kappa shape index (κ2) is 11.2. The van der Waals surface area contributed by atoms with Crippen LogP contribution in [0.4, 0.5) is 0 Å². The number of carbonyl (C=O) groups is 1. The fourth-order valence-corrected chi connectivity index (χ4v) is 4.39. The van der Waals surface area contributed by atoms with Crippen LogP contribution in [0.15, 0.2) is 83.8 Å². The molecule has 0 heterocycles. The Balaban J connectivity index is 1.81. The molecule has 0 aliphatic carbocycles. The van der Waals surface area contributed by atoms with Crippen LogP contribution in [0.5, 0.6) is 0 Å². The summed E-state index contributed by atoms with van der Waals surface area (Å²) >= 11 is 5.99. The topological polar surface area (TPSA) is 84.5 Å². The Morgan fingerprint density at radius 1 is 1.00 bits per heavy atom. The first-order valence-corrected chi connectivity index (χ1v) is 11.9. The van der Waals surface area contributed by atoms with Gasteiger partial charge < -0.3 is 10.1 Å². The molecule has 32 heavy (non-hydrogen) atoms. The van der Waals surface area contributed by atoms with Crippen LogP contribution >= 0.6 is 11.6 Å². The van der Waals surface area contributed by atoms with Gasteiger partial charge in [0, 0.05) is 24.2 Å². The molecule has 3 rings (SSSR count). The van der Waals surface area contributed by atoms with E-state index in [0.717, 1.165) is 11.1 Å². The van der Waals surface area contributed by atoms with Gasteiger partial charge in [-0.1, -0.05) is 60.1 Å². The quantitative estimate of drug-likeness (QED) is 0.437. The van der Waals surface area contributed by atoms with Crippen molar-refractivity contribution in [2.24, 2.45) is 0 Å². The van der Waals surface area contributed by atoms with E-state index >= 15 is 0 Å². The molecule has 1 amide bonds. The molecule has 6 nitrogen and oxygen atoms in total. The van der Waals surface area contributed by atoms with E-state index in [1.165, 1.54) is 19.2 Å². The molecule has 1 unspecified atom stereocenters. The van der Waals surface area contributed by atoms with Crippen molar-refractivity contribution in [3.8, 4) is 0 Å². The Kier molecular flexibility index (Phi) is 8.41. The van der Waals surface area contributed by atoms with Gasteiger partial charge in [0.15, 0.2) is 0 Å². The van der Waals surface area contributed by atoms with E-state index in [2.05, 4.69) is 10.0 Å². The fraction of sp³-hybridized carbons (Fsp3) is 0.208. The third-order valence-electron chi connectivity index (χ3n) is 4.87. The molecule has 0 bridgehead atoms. The van der Waals surface area contributed by atoms with Gasteiger partial charge >= 0.3 is 0 Å². The molecule has 0 aliphatic rings. The summed E-state index contributed by atoms with van der Waals surface area (Å²) in [5.74, 6) is -0.359. The van der Waals surface area contributed by atoms with Gasteiger partial charge in [-0.05, 0) is 47.9 Å². The smallest absolute Gasteiger partial charge is 0.251 e. The molecular weight excluding hydrogens is 448 g/mol. The van der Waals surface area contributed by atoms with E-state index in [1.54, 1.807) is 12.1 Å². The van der Waals surface area contributed by atoms with Gasteiger partial charge in [0.05, 0.1) is 17.5 Å². The third-order valence-corrected chi connectivity index (χ3v) is 6.58. The van der Waals surface area contributed by atoms with Crippen LogP contribution in [-0.4, -0.2) is 34.6 Å². The summed E-state index contributed by atoms with van der Waals surface area (Å²) in [6.07, 6.45) is 0.559. The van der Waals surface area contributed by atoms with Crippen molar-refractivity contribution in [1.82, 2.24) is 10.0 Å². The van der Waals surface area contributed by atoms with E-state index in [4.69, 9.17) is 16.3 Å². The highest BCUT2D eigenvalue weighted by Gasteiger charge is 2.19. The lowest BCUT2D eigenvalue weighted by Gasteiger charge is -2.20. The molecule has 0 radical (unpaired) electrons. The molecule has 0 aliphatic heterocycles.